The highest BCUT2D eigenvalue weighted by Crippen LogP contribution is 2.22. The molecule has 0 spiro atoms. The first-order valence-electron chi connectivity index (χ1n) is 7.54. The van der Waals surface area contributed by atoms with Crippen LogP contribution in [0.15, 0.2) is 12.3 Å². The van der Waals surface area contributed by atoms with E-state index in [9.17, 15) is 0 Å². The first-order chi connectivity index (χ1) is 9.70. The van der Waals surface area contributed by atoms with Crippen LogP contribution in [-0.2, 0) is 4.74 Å². The lowest BCUT2D eigenvalue weighted by atomic mass is 10.0. The summed E-state index contributed by atoms with van der Waals surface area (Å²) >= 11 is 0. The van der Waals surface area contributed by atoms with E-state index in [1.165, 1.54) is 0 Å². The van der Waals surface area contributed by atoms with E-state index in [1.54, 1.807) is 0 Å². The maximum atomic E-state index is 5.85. The second-order valence-corrected chi connectivity index (χ2v) is 6.01. The number of piperidine rings is 1. The molecular formula is C14H25N5O. The molecule has 2 aliphatic heterocycles. The smallest absolute Gasteiger partial charge is 0.145 e. The van der Waals surface area contributed by atoms with Crippen LogP contribution in [0.4, 0.5) is 5.82 Å². The lowest BCUT2D eigenvalue weighted by Crippen LogP contribution is -2.47. The summed E-state index contributed by atoms with van der Waals surface area (Å²) in [7, 11) is 2.17. The Morgan fingerprint density at radius 3 is 2.80 bits per heavy atom. The number of morpholine rings is 1. The van der Waals surface area contributed by atoms with Gasteiger partial charge in [-0.1, -0.05) is 0 Å². The Morgan fingerprint density at radius 2 is 2.15 bits per heavy atom. The zero-order chi connectivity index (χ0) is 13.9. The Morgan fingerprint density at radius 1 is 1.35 bits per heavy atom. The molecule has 1 unspecified atom stereocenters. The molecule has 0 bridgehead atoms. The molecule has 1 aromatic heterocycles. The lowest BCUT2D eigenvalue weighted by Gasteiger charge is -2.37. The van der Waals surface area contributed by atoms with Gasteiger partial charge in [-0.3, -0.25) is 4.68 Å². The predicted molar refractivity (Wildman–Crippen MR) is 78.6 cm³/mol. The zero-order valence-corrected chi connectivity index (χ0v) is 12.2. The Balaban J connectivity index is 1.46. The lowest BCUT2D eigenvalue weighted by molar-refractivity contribution is -0.0392. The van der Waals surface area contributed by atoms with Crippen molar-refractivity contribution in [2.45, 2.75) is 25.0 Å². The summed E-state index contributed by atoms with van der Waals surface area (Å²) < 4.78 is 7.87. The molecule has 6 nitrogen and oxygen atoms in total. The molecule has 2 fully saturated rings. The summed E-state index contributed by atoms with van der Waals surface area (Å²) in [5.41, 5.74) is 5.69. The molecule has 0 amide bonds. The molecule has 6 heteroatoms. The number of likely N-dealkylation sites (N-methyl/N-ethyl adjacent to an activating group) is 1. The number of ether oxygens (including phenoxy) is 1. The minimum absolute atomic E-state index is 0.366. The quantitative estimate of drug-likeness (QED) is 0.869. The molecule has 20 heavy (non-hydrogen) atoms. The molecule has 112 valence electrons. The van der Waals surface area contributed by atoms with Crippen molar-refractivity contribution in [2.75, 3.05) is 52.1 Å². The number of nitrogens with zero attached hydrogens (tertiary/aromatic N) is 4. The van der Waals surface area contributed by atoms with Gasteiger partial charge in [-0.2, -0.15) is 5.10 Å². The molecule has 0 radical (unpaired) electrons. The van der Waals surface area contributed by atoms with Crippen LogP contribution in [0.5, 0.6) is 0 Å². The van der Waals surface area contributed by atoms with E-state index in [-0.39, 0.29) is 0 Å². The van der Waals surface area contributed by atoms with Gasteiger partial charge in [0, 0.05) is 38.9 Å². The van der Waals surface area contributed by atoms with Gasteiger partial charge in [-0.25, -0.2) is 0 Å². The van der Waals surface area contributed by atoms with Crippen LogP contribution < -0.4 is 5.73 Å². The monoisotopic (exact) mass is 279 g/mol. The highest BCUT2D eigenvalue weighted by molar-refractivity contribution is 5.24. The number of aromatic nitrogens is 2. The summed E-state index contributed by atoms with van der Waals surface area (Å²) in [5.74, 6) is 0.617. The highest BCUT2D eigenvalue weighted by atomic mass is 16.5. The van der Waals surface area contributed by atoms with Crippen molar-refractivity contribution in [2.24, 2.45) is 0 Å². The SMILES string of the molecule is CN1CCOC(CN2CCC(n3ccc(N)n3)CC2)C1. The van der Waals surface area contributed by atoms with Gasteiger partial charge in [0.25, 0.3) is 0 Å². The van der Waals surface area contributed by atoms with Crippen LogP contribution >= 0.6 is 0 Å². The molecule has 2 aliphatic rings. The Kier molecular flexibility index (Phi) is 4.24. The second-order valence-electron chi connectivity index (χ2n) is 6.01. The molecule has 3 heterocycles. The topological polar surface area (TPSA) is 59.5 Å². The van der Waals surface area contributed by atoms with Gasteiger partial charge in [-0.15, -0.1) is 0 Å². The van der Waals surface area contributed by atoms with E-state index in [1.807, 2.05) is 16.9 Å². The van der Waals surface area contributed by atoms with Gasteiger partial charge in [0.1, 0.15) is 5.82 Å². The number of nitrogen functional groups attached to an aromatic ring is 1. The van der Waals surface area contributed by atoms with E-state index in [0.29, 0.717) is 18.0 Å². The zero-order valence-electron chi connectivity index (χ0n) is 12.2. The van der Waals surface area contributed by atoms with Gasteiger partial charge in [0.05, 0.1) is 18.8 Å². The highest BCUT2D eigenvalue weighted by Gasteiger charge is 2.25. The molecule has 2 N–H and O–H groups in total. The largest absolute Gasteiger partial charge is 0.382 e. The Labute approximate surface area is 120 Å². The van der Waals surface area contributed by atoms with E-state index >= 15 is 0 Å². The fourth-order valence-corrected chi connectivity index (χ4v) is 3.19. The van der Waals surface area contributed by atoms with Crippen molar-refractivity contribution in [3.63, 3.8) is 0 Å². The van der Waals surface area contributed by atoms with Crippen LogP contribution in [0.2, 0.25) is 0 Å². The average Bonchev–Trinajstić information content (AvgIpc) is 2.86. The fraction of sp³-hybridized carbons (Fsp3) is 0.786. The predicted octanol–water partition coefficient (Wildman–Crippen LogP) is 0.433. The number of rotatable bonds is 3. The van der Waals surface area contributed by atoms with E-state index < -0.39 is 0 Å². The molecule has 1 atom stereocenters. The normalized spacial score (nSPS) is 26.9. The third-order valence-corrected chi connectivity index (χ3v) is 4.36. The average molecular weight is 279 g/mol. The van der Waals surface area contributed by atoms with Crippen LogP contribution in [0.25, 0.3) is 0 Å². The number of likely N-dealkylation sites (tertiary alicyclic amines) is 1. The number of hydrogen-bond donors (Lipinski definition) is 1. The summed E-state index contributed by atoms with van der Waals surface area (Å²) in [6, 6.07) is 2.37. The third kappa shape index (κ3) is 3.31. The Hall–Kier alpha value is -1.11. The number of hydrogen-bond acceptors (Lipinski definition) is 5. The van der Waals surface area contributed by atoms with Crippen LogP contribution in [0, 0.1) is 0 Å². The summed E-state index contributed by atoms with van der Waals surface area (Å²) in [5, 5.41) is 4.33. The molecule has 0 aliphatic carbocycles. The van der Waals surface area contributed by atoms with E-state index in [4.69, 9.17) is 10.5 Å². The van der Waals surface area contributed by atoms with Gasteiger partial charge in [-0.05, 0) is 26.0 Å². The minimum atomic E-state index is 0.366. The van der Waals surface area contributed by atoms with E-state index in [2.05, 4.69) is 21.9 Å². The maximum absolute atomic E-state index is 5.85. The van der Waals surface area contributed by atoms with Crippen molar-refractivity contribution in [3.8, 4) is 0 Å². The number of anilines is 1. The molecule has 0 saturated carbocycles. The van der Waals surface area contributed by atoms with Gasteiger partial charge >= 0.3 is 0 Å². The van der Waals surface area contributed by atoms with Crippen LogP contribution in [0.1, 0.15) is 18.9 Å². The van der Waals surface area contributed by atoms with Crippen molar-refractivity contribution in [3.05, 3.63) is 12.3 Å². The van der Waals surface area contributed by atoms with Crippen molar-refractivity contribution < 1.29 is 4.74 Å². The summed E-state index contributed by atoms with van der Waals surface area (Å²) in [4.78, 5) is 4.88. The molecule has 0 aromatic carbocycles. The van der Waals surface area contributed by atoms with Crippen LogP contribution in [0.3, 0.4) is 0 Å². The first kappa shape index (κ1) is 13.9. The van der Waals surface area contributed by atoms with Crippen molar-refractivity contribution in [1.82, 2.24) is 19.6 Å². The van der Waals surface area contributed by atoms with Gasteiger partial charge < -0.3 is 20.3 Å². The second kappa shape index (κ2) is 6.11. The molecule has 1 aromatic rings. The minimum Gasteiger partial charge on any atom is -0.382 e. The molecule has 3 rings (SSSR count). The summed E-state index contributed by atoms with van der Waals surface area (Å²) in [6.45, 7) is 6.26. The van der Waals surface area contributed by atoms with Crippen molar-refractivity contribution in [1.29, 1.82) is 0 Å². The molecular weight excluding hydrogens is 254 g/mol. The standard InChI is InChI=1S/C14H25N5O/c1-17-8-9-20-13(10-17)11-18-5-2-12(3-6-18)19-7-4-14(15)16-19/h4,7,12-13H,2-3,5-6,8-11H2,1H3,(H2,15,16). The van der Waals surface area contributed by atoms with Gasteiger partial charge in [0.2, 0.25) is 0 Å². The Bertz CT molecular complexity index is 427. The summed E-state index contributed by atoms with van der Waals surface area (Å²) in [6.07, 6.45) is 4.65. The third-order valence-electron chi connectivity index (χ3n) is 4.36. The van der Waals surface area contributed by atoms with E-state index in [0.717, 1.165) is 52.2 Å². The maximum Gasteiger partial charge on any atom is 0.145 e. The number of nitrogens with two attached hydrogens (primary N) is 1. The van der Waals surface area contributed by atoms with Crippen LogP contribution in [-0.4, -0.2) is 72.1 Å². The van der Waals surface area contributed by atoms with Crippen molar-refractivity contribution >= 4 is 5.82 Å². The first-order valence-corrected chi connectivity index (χ1v) is 7.54. The van der Waals surface area contributed by atoms with Gasteiger partial charge in [0.15, 0.2) is 0 Å². The fourth-order valence-electron chi connectivity index (χ4n) is 3.19. The molecule has 2 saturated heterocycles.